The summed E-state index contributed by atoms with van der Waals surface area (Å²) >= 11 is 1.45. The Morgan fingerprint density at radius 3 is 2.84 bits per heavy atom. The molecular weight excluding hydrogens is 268 g/mol. The Bertz CT molecular complexity index is 312. The third kappa shape index (κ3) is 5.69. The predicted octanol–water partition coefficient (Wildman–Crippen LogP) is 1.22. The molecule has 1 fully saturated rings. The first kappa shape index (κ1) is 16.1. The molecule has 0 saturated carbocycles. The first-order chi connectivity index (χ1) is 9.02. The zero-order chi connectivity index (χ0) is 14.3. The van der Waals surface area contributed by atoms with E-state index in [-0.39, 0.29) is 6.03 Å². The molecule has 1 unspecified atom stereocenters. The van der Waals surface area contributed by atoms with Crippen LogP contribution >= 0.6 is 11.8 Å². The molecule has 1 atom stereocenters. The average Bonchev–Trinajstić information content (AvgIpc) is 2.82. The number of thioether (sulfide) groups is 1. The summed E-state index contributed by atoms with van der Waals surface area (Å²) in [6, 6.07) is -1.04. The molecule has 0 radical (unpaired) electrons. The Hall–Kier alpha value is -0.950. The number of aliphatic carboxylic acids is 1. The molecule has 2 N–H and O–H groups in total. The van der Waals surface area contributed by atoms with Gasteiger partial charge in [0, 0.05) is 18.9 Å². The molecular formula is C12H22N2O4S. The molecule has 0 aromatic heterocycles. The third-order valence-corrected chi connectivity index (χ3v) is 3.80. The predicted molar refractivity (Wildman–Crippen MR) is 74.3 cm³/mol. The summed E-state index contributed by atoms with van der Waals surface area (Å²) in [5.41, 5.74) is 0. The standard InChI is InChI=1S/C12H22N2O4S/c1-9(2)3-5-18-6-4-13-12(17)14-8-19-7-10(14)11(15)16/h9-10H,3-8H2,1-2H3,(H,13,17)(H,15,16). The van der Waals surface area contributed by atoms with E-state index in [0.29, 0.717) is 37.3 Å². The number of rotatable bonds is 7. The third-order valence-electron chi connectivity index (χ3n) is 2.79. The van der Waals surface area contributed by atoms with Crippen LogP contribution in [0.15, 0.2) is 0 Å². The first-order valence-corrected chi connectivity index (χ1v) is 7.60. The van der Waals surface area contributed by atoms with Gasteiger partial charge in [0.25, 0.3) is 0 Å². The average molecular weight is 290 g/mol. The van der Waals surface area contributed by atoms with Gasteiger partial charge in [0.2, 0.25) is 0 Å². The van der Waals surface area contributed by atoms with Gasteiger partial charge in [-0.15, -0.1) is 11.8 Å². The molecule has 1 aliphatic heterocycles. The summed E-state index contributed by atoms with van der Waals surface area (Å²) in [5.74, 6) is 0.533. The molecule has 6 nitrogen and oxygen atoms in total. The van der Waals surface area contributed by atoms with E-state index in [1.165, 1.54) is 16.7 Å². The van der Waals surface area contributed by atoms with E-state index in [1.807, 2.05) is 0 Å². The van der Waals surface area contributed by atoms with Gasteiger partial charge >= 0.3 is 12.0 Å². The number of carboxylic acids is 1. The largest absolute Gasteiger partial charge is 0.480 e. The topological polar surface area (TPSA) is 78.9 Å². The fraction of sp³-hybridized carbons (Fsp3) is 0.833. The van der Waals surface area contributed by atoms with Gasteiger partial charge in [0.05, 0.1) is 12.5 Å². The van der Waals surface area contributed by atoms with Crippen molar-refractivity contribution in [3.05, 3.63) is 0 Å². The quantitative estimate of drug-likeness (QED) is 0.689. The molecule has 1 rings (SSSR count). The van der Waals surface area contributed by atoms with Crippen LogP contribution in [0.4, 0.5) is 4.79 Å². The van der Waals surface area contributed by atoms with Crippen molar-refractivity contribution in [2.75, 3.05) is 31.4 Å². The monoisotopic (exact) mass is 290 g/mol. The lowest BCUT2D eigenvalue weighted by atomic mass is 10.1. The van der Waals surface area contributed by atoms with E-state index in [2.05, 4.69) is 19.2 Å². The number of carbonyl (C=O) groups excluding carboxylic acids is 1. The highest BCUT2D eigenvalue weighted by molar-refractivity contribution is 7.99. The molecule has 0 aromatic rings. The van der Waals surface area contributed by atoms with E-state index >= 15 is 0 Å². The van der Waals surface area contributed by atoms with E-state index in [1.54, 1.807) is 0 Å². The van der Waals surface area contributed by atoms with Gasteiger partial charge in [0.15, 0.2) is 0 Å². The number of carboxylic acid groups (broad SMARTS) is 1. The number of carbonyl (C=O) groups is 2. The Balaban J connectivity index is 2.15. The second kappa shape index (κ2) is 8.27. The number of ether oxygens (including phenoxy) is 1. The maximum absolute atomic E-state index is 11.8. The molecule has 0 bridgehead atoms. The fourth-order valence-electron chi connectivity index (χ4n) is 1.60. The van der Waals surface area contributed by atoms with Crippen LogP contribution in [-0.4, -0.2) is 59.4 Å². The van der Waals surface area contributed by atoms with Crippen molar-refractivity contribution >= 4 is 23.8 Å². The molecule has 7 heteroatoms. The maximum atomic E-state index is 11.8. The van der Waals surface area contributed by atoms with Crippen LogP contribution in [0.3, 0.4) is 0 Å². The van der Waals surface area contributed by atoms with E-state index in [0.717, 1.165) is 6.42 Å². The first-order valence-electron chi connectivity index (χ1n) is 6.45. The van der Waals surface area contributed by atoms with Gasteiger partial charge < -0.3 is 20.1 Å². The van der Waals surface area contributed by atoms with Gasteiger partial charge in [-0.05, 0) is 12.3 Å². The molecule has 19 heavy (non-hydrogen) atoms. The molecule has 1 aliphatic rings. The van der Waals surface area contributed by atoms with Crippen molar-refractivity contribution in [2.24, 2.45) is 5.92 Å². The minimum atomic E-state index is -0.951. The maximum Gasteiger partial charge on any atom is 0.327 e. The summed E-state index contributed by atoms with van der Waals surface area (Å²) in [5, 5.41) is 11.6. The lowest BCUT2D eigenvalue weighted by molar-refractivity contribution is -0.140. The molecule has 0 aliphatic carbocycles. The molecule has 0 spiro atoms. The zero-order valence-electron chi connectivity index (χ0n) is 11.4. The second-order valence-electron chi connectivity index (χ2n) is 4.85. The van der Waals surface area contributed by atoms with E-state index in [4.69, 9.17) is 9.84 Å². The van der Waals surface area contributed by atoms with Gasteiger partial charge in [-0.3, -0.25) is 0 Å². The summed E-state index contributed by atoms with van der Waals surface area (Å²) < 4.78 is 5.38. The number of nitrogens with zero attached hydrogens (tertiary/aromatic N) is 1. The molecule has 110 valence electrons. The molecule has 1 heterocycles. The highest BCUT2D eigenvalue weighted by atomic mass is 32.2. The number of hydrogen-bond acceptors (Lipinski definition) is 4. The van der Waals surface area contributed by atoms with Crippen LogP contribution in [-0.2, 0) is 9.53 Å². The summed E-state index contributed by atoms with van der Waals surface area (Å²) in [6.45, 7) is 5.80. The van der Waals surface area contributed by atoms with Crippen LogP contribution < -0.4 is 5.32 Å². The SMILES string of the molecule is CC(C)CCOCCNC(=O)N1CSCC1C(=O)O. The van der Waals surface area contributed by atoms with Crippen molar-refractivity contribution in [3.8, 4) is 0 Å². The van der Waals surface area contributed by atoms with Crippen molar-refractivity contribution in [1.82, 2.24) is 10.2 Å². The molecule has 0 aromatic carbocycles. The van der Waals surface area contributed by atoms with Gasteiger partial charge in [-0.2, -0.15) is 0 Å². The number of amides is 2. The van der Waals surface area contributed by atoms with Gasteiger partial charge in [0.1, 0.15) is 6.04 Å². The minimum Gasteiger partial charge on any atom is -0.480 e. The van der Waals surface area contributed by atoms with Crippen molar-refractivity contribution in [2.45, 2.75) is 26.3 Å². The Morgan fingerprint density at radius 1 is 1.47 bits per heavy atom. The highest BCUT2D eigenvalue weighted by Gasteiger charge is 2.34. The van der Waals surface area contributed by atoms with Crippen LogP contribution in [0.5, 0.6) is 0 Å². The molecule has 2 amide bonds. The van der Waals surface area contributed by atoms with Crippen molar-refractivity contribution < 1.29 is 19.4 Å². The highest BCUT2D eigenvalue weighted by Crippen LogP contribution is 2.20. The smallest absolute Gasteiger partial charge is 0.327 e. The Labute approximate surface area is 117 Å². The van der Waals surface area contributed by atoms with E-state index < -0.39 is 12.0 Å². The lowest BCUT2D eigenvalue weighted by Gasteiger charge is -2.20. The van der Waals surface area contributed by atoms with Gasteiger partial charge in [-0.25, -0.2) is 9.59 Å². The van der Waals surface area contributed by atoms with Crippen LogP contribution in [0.1, 0.15) is 20.3 Å². The van der Waals surface area contributed by atoms with Crippen molar-refractivity contribution in [1.29, 1.82) is 0 Å². The second-order valence-corrected chi connectivity index (χ2v) is 5.85. The normalized spacial score (nSPS) is 18.9. The minimum absolute atomic E-state index is 0.329. The van der Waals surface area contributed by atoms with Crippen LogP contribution in [0.25, 0.3) is 0 Å². The van der Waals surface area contributed by atoms with Gasteiger partial charge in [-0.1, -0.05) is 13.8 Å². The van der Waals surface area contributed by atoms with E-state index in [9.17, 15) is 9.59 Å². The number of nitrogens with one attached hydrogen (secondary N) is 1. The summed E-state index contributed by atoms with van der Waals surface area (Å²) in [4.78, 5) is 24.1. The van der Waals surface area contributed by atoms with Crippen LogP contribution in [0.2, 0.25) is 0 Å². The Kier molecular flexibility index (Phi) is 7.01. The lowest BCUT2D eigenvalue weighted by Crippen LogP contribution is -2.47. The fourth-order valence-corrected chi connectivity index (χ4v) is 2.75. The van der Waals surface area contributed by atoms with Crippen LogP contribution in [0, 0.1) is 5.92 Å². The Morgan fingerprint density at radius 2 is 2.21 bits per heavy atom. The zero-order valence-corrected chi connectivity index (χ0v) is 12.2. The summed E-state index contributed by atoms with van der Waals surface area (Å²) in [6.07, 6.45) is 0.998. The number of hydrogen-bond donors (Lipinski definition) is 2. The number of urea groups is 1. The summed E-state index contributed by atoms with van der Waals surface area (Å²) in [7, 11) is 0. The van der Waals surface area contributed by atoms with Crippen molar-refractivity contribution in [3.63, 3.8) is 0 Å². The molecule has 1 saturated heterocycles.